The van der Waals surface area contributed by atoms with Gasteiger partial charge >= 0.3 is 0 Å². The Balaban J connectivity index is 2.28. The van der Waals surface area contributed by atoms with Crippen molar-refractivity contribution < 1.29 is 0 Å². The second-order valence-corrected chi connectivity index (χ2v) is 2.85. The van der Waals surface area contributed by atoms with Crippen molar-refractivity contribution in [2.75, 3.05) is 5.73 Å². The van der Waals surface area contributed by atoms with Crippen molar-refractivity contribution >= 4 is 5.69 Å². The van der Waals surface area contributed by atoms with E-state index in [1.807, 2.05) is 12.1 Å². The molecule has 0 unspecified atom stereocenters. The molecule has 2 N–H and O–H groups in total. The first-order chi connectivity index (χ1) is 4.86. The second-order valence-electron chi connectivity index (χ2n) is 2.85. The summed E-state index contributed by atoms with van der Waals surface area (Å²) in [6.07, 6.45) is 2.67. The lowest BCUT2D eigenvalue weighted by Crippen LogP contribution is -1.84. The van der Waals surface area contributed by atoms with Gasteiger partial charge in [-0.3, -0.25) is 0 Å². The minimum atomic E-state index is 0.792. The maximum Gasteiger partial charge on any atom is 0.0320 e. The van der Waals surface area contributed by atoms with Gasteiger partial charge in [-0.05, 0) is 42.5 Å². The lowest BCUT2D eigenvalue weighted by molar-refractivity contribution is 1.13. The summed E-state index contributed by atoms with van der Waals surface area (Å²) < 4.78 is 0. The Labute approximate surface area is 60.9 Å². The molecule has 0 aliphatic heterocycles. The summed E-state index contributed by atoms with van der Waals surface area (Å²) >= 11 is 0. The summed E-state index contributed by atoms with van der Waals surface area (Å²) in [6.45, 7) is 0. The molecular formula is C9H10N. The summed E-state index contributed by atoms with van der Waals surface area (Å²) in [5, 5.41) is 0. The Bertz CT molecular complexity index is 221. The Morgan fingerprint density at radius 1 is 1.40 bits per heavy atom. The van der Waals surface area contributed by atoms with Crippen LogP contribution >= 0.6 is 0 Å². The molecule has 1 nitrogen and oxygen atoms in total. The molecule has 1 aliphatic carbocycles. The van der Waals surface area contributed by atoms with Crippen LogP contribution in [0.5, 0.6) is 0 Å². The molecule has 51 valence electrons. The Morgan fingerprint density at radius 2 is 2.20 bits per heavy atom. The number of rotatable bonds is 1. The fraction of sp³-hybridized carbons (Fsp3) is 0.333. The van der Waals surface area contributed by atoms with Crippen molar-refractivity contribution in [1.29, 1.82) is 0 Å². The first-order valence-corrected chi connectivity index (χ1v) is 3.63. The SMILES string of the molecule is Nc1c[c]c(C2CC2)cc1. The lowest BCUT2D eigenvalue weighted by Gasteiger charge is -1.95. The summed E-state index contributed by atoms with van der Waals surface area (Å²) in [7, 11) is 0. The Hall–Kier alpha value is -0.980. The van der Waals surface area contributed by atoms with Crippen LogP contribution in [0.4, 0.5) is 5.69 Å². The largest absolute Gasteiger partial charge is 0.399 e. The highest BCUT2D eigenvalue weighted by molar-refractivity contribution is 5.40. The van der Waals surface area contributed by atoms with E-state index in [2.05, 4.69) is 12.1 Å². The predicted molar refractivity (Wildman–Crippen MR) is 41.7 cm³/mol. The number of nitrogen functional groups attached to an aromatic ring is 1. The quantitative estimate of drug-likeness (QED) is 0.581. The molecule has 10 heavy (non-hydrogen) atoms. The van der Waals surface area contributed by atoms with Crippen molar-refractivity contribution in [2.45, 2.75) is 18.8 Å². The van der Waals surface area contributed by atoms with Crippen molar-refractivity contribution in [3.63, 3.8) is 0 Å². The van der Waals surface area contributed by atoms with Crippen molar-refractivity contribution in [3.05, 3.63) is 29.8 Å². The van der Waals surface area contributed by atoms with Crippen LogP contribution in [0.3, 0.4) is 0 Å². The van der Waals surface area contributed by atoms with E-state index < -0.39 is 0 Å². The average molecular weight is 132 g/mol. The van der Waals surface area contributed by atoms with Gasteiger partial charge in [0.2, 0.25) is 0 Å². The molecule has 1 aliphatic rings. The molecule has 0 bridgehead atoms. The van der Waals surface area contributed by atoms with Gasteiger partial charge in [0, 0.05) is 5.69 Å². The molecule has 1 heteroatoms. The Morgan fingerprint density at radius 3 is 2.70 bits per heavy atom. The maximum atomic E-state index is 5.52. The number of hydrogen-bond acceptors (Lipinski definition) is 1. The van der Waals surface area contributed by atoms with Crippen LogP contribution in [0.1, 0.15) is 24.3 Å². The first kappa shape index (κ1) is 5.78. The topological polar surface area (TPSA) is 26.0 Å². The monoisotopic (exact) mass is 132 g/mol. The van der Waals surface area contributed by atoms with Crippen LogP contribution in [-0.4, -0.2) is 0 Å². The number of anilines is 1. The number of hydrogen-bond donors (Lipinski definition) is 1. The van der Waals surface area contributed by atoms with E-state index >= 15 is 0 Å². The van der Waals surface area contributed by atoms with E-state index in [-0.39, 0.29) is 0 Å². The molecule has 0 atom stereocenters. The third-order valence-electron chi connectivity index (χ3n) is 1.88. The van der Waals surface area contributed by atoms with E-state index in [0.29, 0.717) is 0 Å². The molecule has 2 rings (SSSR count). The van der Waals surface area contributed by atoms with E-state index in [0.717, 1.165) is 11.6 Å². The molecular weight excluding hydrogens is 122 g/mol. The van der Waals surface area contributed by atoms with Gasteiger partial charge in [0.25, 0.3) is 0 Å². The zero-order valence-corrected chi connectivity index (χ0v) is 5.80. The smallest absolute Gasteiger partial charge is 0.0320 e. The summed E-state index contributed by atoms with van der Waals surface area (Å²) in [6, 6.07) is 9.05. The van der Waals surface area contributed by atoms with Crippen LogP contribution in [0.2, 0.25) is 0 Å². The van der Waals surface area contributed by atoms with Crippen LogP contribution in [0.15, 0.2) is 18.2 Å². The highest BCUT2D eigenvalue weighted by atomic mass is 14.5. The highest BCUT2D eigenvalue weighted by Crippen LogP contribution is 2.39. The minimum absolute atomic E-state index is 0.792. The molecule has 0 saturated heterocycles. The van der Waals surface area contributed by atoms with Gasteiger partial charge in [-0.2, -0.15) is 0 Å². The van der Waals surface area contributed by atoms with Gasteiger partial charge in [0.15, 0.2) is 0 Å². The van der Waals surface area contributed by atoms with E-state index in [1.165, 1.54) is 18.4 Å². The summed E-state index contributed by atoms with van der Waals surface area (Å²) in [5.41, 5.74) is 7.65. The fourth-order valence-electron chi connectivity index (χ4n) is 1.10. The molecule has 0 amide bonds. The van der Waals surface area contributed by atoms with Crippen LogP contribution in [0.25, 0.3) is 0 Å². The van der Waals surface area contributed by atoms with Crippen molar-refractivity contribution in [1.82, 2.24) is 0 Å². The van der Waals surface area contributed by atoms with Gasteiger partial charge in [0.05, 0.1) is 0 Å². The highest BCUT2D eigenvalue weighted by Gasteiger charge is 2.22. The van der Waals surface area contributed by atoms with E-state index in [4.69, 9.17) is 5.73 Å². The van der Waals surface area contributed by atoms with E-state index in [1.54, 1.807) is 0 Å². The second kappa shape index (κ2) is 2.01. The molecule has 1 saturated carbocycles. The standard InChI is InChI=1S/C9H10N/c10-9-5-3-8(4-6-9)7-1-2-7/h3,5-7H,1-2,10H2. The average Bonchev–Trinajstić information content (AvgIpc) is 2.71. The van der Waals surface area contributed by atoms with Gasteiger partial charge < -0.3 is 5.73 Å². The molecule has 1 aromatic carbocycles. The van der Waals surface area contributed by atoms with E-state index in [9.17, 15) is 0 Å². The van der Waals surface area contributed by atoms with Crippen LogP contribution in [0, 0.1) is 6.07 Å². The first-order valence-electron chi connectivity index (χ1n) is 3.63. The molecule has 1 radical (unpaired) electrons. The lowest BCUT2D eigenvalue weighted by atomic mass is 10.1. The zero-order chi connectivity index (χ0) is 6.97. The minimum Gasteiger partial charge on any atom is -0.399 e. The summed E-state index contributed by atoms with van der Waals surface area (Å²) in [5.74, 6) is 0.792. The number of benzene rings is 1. The van der Waals surface area contributed by atoms with Gasteiger partial charge in [-0.15, -0.1) is 0 Å². The van der Waals surface area contributed by atoms with Crippen LogP contribution in [-0.2, 0) is 0 Å². The normalized spacial score (nSPS) is 17.2. The number of nitrogens with two attached hydrogens (primary N) is 1. The third kappa shape index (κ3) is 0.991. The van der Waals surface area contributed by atoms with Crippen LogP contribution < -0.4 is 5.73 Å². The van der Waals surface area contributed by atoms with Crippen molar-refractivity contribution in [3.8, 4) is 0 Å². The molecule has 1 fully saturated rings. The van der Waals surface area contributed by atoms with Gasteiger partial charge in [-0.25, -0.2) is 0 Å². The molecule has 0 spiro atoms. The predicted octanol–water partition coefficient (Wildman–Crippen LogP) is 1.95. The molecule has 0 heterocycles. The molecule has 0 aromatic heterocycles. The molecule has 1 aromatic rings. The maximum absolute atomic E-state index is 5.52. The fourth-order valence-corrected chi connectivity index (χ4v) is 1.10. The van der Waals surface area contributed by atoms with Gasteiger partial charge in [-0.1, -0.05) is 6.07 Å². The summed E-state index contributed by atoms with van der Waals surface area (Å²) in [4.78, 5) is 0. The third-order valence-corrected chi connectivity index (χ3v) is 1.88. The van der Waals surface area contributed by atoms with Crippen molar-refractivity contribution in [2.24, 2.45) is 0 Å². The zero-order valence-electron chi connectivity index (χ0n) is 5.80. The van der Waals surface area contributed by atoms with Gasteiger partial charge in [0.1, 0.15) is 0 Å². The Kier molecular flexibility index (Phi) is 1.16.